The smallest absolute Gasteiger partial charge is 0.315 e. The summed E-state index contributed by atoms with van der Waals surface area (Å²) < 4.78 is 0. The topological polar surface area (TPSA) is 61.4 Å². The van der Waals surface area contributed by atoms with Crippen LogP contribution in [-0.2, 0) is 0 Å². The van der Waals surface area contributed by atoms with Crippen LogP contribution < -0.4 is 10.6 Å². The number of urea groups is 1. The van der Waals surface area contributed by atoms with Crippen molar-refractivity contribution in [2.24, 2.45) is 0 Å². The van der Waals surface area contributed by atoms with Crippen LogP contribution >= 0.6 is 0 Å². The number of aliphatic hydroxyl groups is 1. The number of carbonyl (C=O) groups is 1. The Morgan fingerprint density at radius 2 is 2.10 bits per heavy atom. The van der Waals surface area contributed by atoms with Crippen LogP contribution in [0.5, 0.6) is 0 Å². The predicted molar refractivity (Wildman–Crippen MR) is 79.7 cm³/mol. The van der Waals surface area contributed by atoms with Gasteiger partial charge >= 0.3 is 6.03 Å². The zero-order chi connectivity index (χ0) is 14.6. The third-order valence-electron chi connectivity index (χ3n) is 3.90. The van der Waals surface area contributed by atoms with E-state index in [9.17, 15) is 9.90 Å². The maximum Gasteiger partial charge on any atom is 0.315 e. The van der Waals surface area contributed by atoms with Crippen molar-refractivity contribution in [3.05, 3.63) is 35.9 Å². The molecule has 1 aromatic rings. The molecule has 3 N–H and O–H groups in total. The summed E-state index contributed by atoms with van der Waals surface area (Å²) in [6.45, 7) is 3.87. The fourth-order valence-electron chi connectivity index (χ4n) is 2.63. The predicted octanol–water partition coefficient (Wildman–Crippen LogP) is 2.39. The summed E-state index contributed by atoms with van der Waals surface area (Å²) in [6.07, 6.45) is 2.68. The molecule has 1 fully saturated rings. The Labute approximate surface area is 120 Å². The van der Waals surface area contributed by atoms with Crippen LogP contribution in [0.3, 0.4) is 0 Å². The fourth-order valence-corrected chi connectivity index (χ4v) is 2.63. The van der Waals surface area contributed by atoms with Gasteiger partial charge in [0.2, 0.25) is 0 Å². The molecule has 0 saturated heterocycles. The molecular formula is C16H24N2O2. The highest BCUT2D eigenvalue weighted by molar-refractivity contribution is 5.75. The average Bonchev–Trinajstić information content (AvgIpc) is 3.19. The van der Waals surface area contributed by atoms with E-state index in [0.29, 0.717) is 5.92 Å². The van der Waals surface area contributed by atoms with E-state index >= 15 is 0 Å². The van der Waals surface area contributed by atoms with Gasteiger partial charge < -0.3 is 15.7 Å². The summed E-state index contributed by atoms with van der Waals surface area (Å²) in [5, 5.41) is 15.3. The highest BCUT2D eigenvalue weighted by Crippen LogP contribution is 2.40. The summed E-state index contributed by atoms with van der Waals surface area (Å²) >= 11 is 0. The number of hydrogen-bond donors (Lipinski definition) is 3. The molecule has 20 heavy (non-hydrogen) atoms. The minimum atomic E-state index is -0.532. The molecule has 3 atom stereocenters. The van der Waals surface area contributed by atoms with Crippen molar-refractivity contribution in [2.45, 2.75) is 50.6 Å². The van der Waals surface area contributed by atoms with Crippen LogP contribution in [0.1, 0.15) is 44.6 Å². The Bertz CT molecular complexity index is 449. The lowest BCUT2D eigenvalue weighted by Gasteiger charge is -2.28. The van der Waals surface area contributed by atoms with Gasteiger partial charge in [-0.2, -0.15) is 0 Å². The van der Waals surface area contributed by atoms with E-state index in [-0.39, 0.29) is 18.7 Å². The zero-order valence-corrected chi connectivity index (χ0v) is 12.2. The summed E-state index contributed by atoms with van der Waals surface area (Å²) in [6, 6.07) is 10.3. The maximum absolute atomic E-state index is 12.0. The molecule has 0 bridgehead atoms. The Morgan fingerprint density at radius 3 is 2.70 bits per heavy atom. The van der Waals surface area contributed by atoms with Gasteiger partial charge in [-0.1, -0.05) is 43.7 Å². The van der Waals surface area contributed by atoms with Crippen molar-refractivity contribution in [3.63, 3.8) is 0 Å². The Kier molecular flexibility index (Phi) is 4.65. The van der Waals surface area contributed by atoms with Gasteiger partial charge in [0.1, 0.15) is 0 Å². The number of rotatable bonds is 6. The summed E-state index contributed by atoms with van der Waals surface area (Å²) in [7, 11) is 0. The van der Waals surface area contributed by atoms with Gasteiger partial charge in [-0.25, -0.2) is 4.79 Å². The highest BCUT2D eigenvalue weighted by atomic mass is 16.3. The molecule has 1 aliphatic carbocycles. The van der Waals surface area contributed by atoms with Crippen LogP contribution in [0, 0.1) is 0 Å². The molecule has 0 heterocycles. The Morgan fingerprint density at radius 1 is 1.40 bits per heavy atom. The van der Waals surface area contributed by atoms with Gasteiger partial charge in [-0.05, 0) is 25.3 Å². The van der Waals surface area contributed by atoms with Gasteiger partial charge in [-0.15, -0.1) is 0 Å². The molecule has 4 heteroatoms. The minimum Gasteiger partial charge on any atom is -0.394 e. The highest BCUT2D eigenvalue weighted by Gasteiger charge is 2.40. The minimum absolute atomic E-state index is 0.0406. The summed E-state index contributed by atoms with van der Waals surface area (Å²) in [5.41, 5.74) is 0.743. The van der Waals surface area contributed by atoms with E-state index in [2.05, 4.69) is 22.8 Å². The van der Waals surface area contributed by atoms with Crippen molar-refractivity contribution in [3.8, 4) is 0 Å². The molecule has 0 aliphatic heterocycles. The SMILES string of the molecule is CCCC(C)(CO)NC(=O)NC1CC1c1ccccc1. The summed E-state index contributed by atoms with van der Waals surface area (Å²) in [5.74, 6) is 0.425. The lowest BCUT2D eigenvalue weighted by Crippen LogP contribution is -2.53. The standard InChI is InChI=1S/C16H24N2O2/c1-3-9-16(2,11-19)18-15(20)17-14-10-13(14)12-7-5-4-6-8-12/h4-8,13-14,19H,3,9-11H2,1-2H3,(H2,17,18,20). The molecule has 1 aromatic carbocycles. The van der Waals surface area contributed by atoms with Crippen molar-refractivity contribution in [2.75, 3.05) is 6.61 Å². The van der Waals surface area contributed by atoms with E-state index in [0.717, 1.165) is 19.3 Å². The molecule has 1 saturated carbocycles. The van der Waals surface area contributed by atoms with Crippen LogP contribution in [-0.4, -0.2) is 29.3 Å². The first-order valence-corrected chi connectivity index (χ1v) is 7.32. The molecule has 0 radical (unpaired) electrons. The van der Waals surface area contributed by atoms with Crippen molar-refractivity contribution < 1.29 is 9.90 Å². The molecular weight excluding hydrogens is 252 g/mol. The first-order chi connectivity index (χ1) is 9.58. The molecule has 2 rings (SSSR count). The molecule has 4 nitrogen and oxygen atoms in total. The van der Waals surface area contributed by atoms with E-state index in [1.807, 2.05) is 32.0 Å². The monoisotopic (exact) mass is 276 g/mol. The van der Waals surface area contributed by atoms with Gasteiger partial charge in [0.15, 0.2) is 0 Å². The second-order valence-electron chi connectivity index (χ2n) is 5.93. The van der Waals surface area contributed by atoms with Crippen LogP contribution in [0.15, 0.2) is 30.3 Å². The van der Waals surface area contributed by atoms with Crippen LogP contribution in [0.2, 0.25) is 0 Å². The fraction of sp³-hybridized carbons (Fsp3) is 0.562. The first-order valence-electron chi connectivity index (χ1n) is 7.32. The Balaban J connectivity index is 1.82. The maximum atomic E-state index is 12.0. The molecule has 0 spiro atoms. The zero-order valence-electron chi connectivity index (χ0n) is 12.2. The lowest BCUT2D eigenvalue weighted by atomic mass is 9.98. The van der Waals surface area contributed by atoms with Crippen LogP contribution in [0.4, 0.5) is 4.79 Å². The number of amides is 2. The normalized spacial score (nSPS) is 23.8. The molecule has 110 valence electrons. The van der Waals surface area contributed by atoms with E-state index < -0.39 is 5.54 Å². The van der Waals surface area contributed by atoms with Gasteiger partial charge in [0.25, 0.3) is 0 Å². The van der Waals surface area contributed by atoms with Crippen molar-refractivity contribution >= 4 is 6.03 Å². The molecule has 3 unspecified atom stereocenters. The Hall–Kier alpha value is -1.55. The molecule has 1 aliphatic rings. The van der Waals surface area contributed by atoms with E-state index in [1.165, 1.54) is 5.56 Å². The van der Waals surface area contributed by atoms with Gasteiger partial charge in [0, 0.05) is 12.0 Å². The van der Waals surface area contributed by atoms with E-state index in [4.69, 9.17) is 0 Å². The quantitative estimate of drug-likeness (QED) is 0.747. The largest absolute Gasteiger partial charge is 0.394 e. The summed E-state index contributed by atoms with van der Waals surface area (Å²) in [4.78, 5) is 12.0. The average molecular weight is 276 g/mol. The van der Waals surface area contributed by atoms with Gasteiger partial charge in [-0.3, -0.25) is 0 Å². The molecule has 0 aromatic heterocycles. The first kappa shape index (κ1) is 14.9. The third kappa shape index (κ3) is 3.73. The third-order valence-corrected chi connectivity index (χ3v) is 3.90. The van der Waals surface area contributed by atoms with Crippen LogP contribution in [0.25, 0.3) is 0 Å². The lowest BCUT2D eigenvalue weighted by molar-refractivity contribution is 0.163. The number of hydrogen-bond acceptors (Lipinski definition) is 2. The molecule has 2 amide bonds. The van der Waals surface area contributed by atoms with E-state index in [1.54, 1.807) is 0 Å². The second-order valence-corrected chi connectivity index (χ2v) is 5.93. The van der Waals surface area contributed by atoms with Crippen molar-refractivity contribution in [1.29, 1.82) is 0 Å². The van der Waals surface area contributed by atoms with Crippen molar-refractivity contribution in [1.82, 2.24) is 10.6 Å². The number of aliphatic hydroxyl groups excluding tert-OH is 1. The number of nitrogens with one attached hydrogen (secondary N) is 2. The number of benzene rings is 1. The van der Waals surface area contributed by atoms with Gasteiger partial charge in [0.05, 0.1) is 12.1 Å². The number of carbonyl (C=O) groups excluding carboxylic acids is 1. The second kappa shape index (κ2) is 6.27.